The minimum absolute atomic E-state index is 0.0179. The Morgan fingerprint density at radius 3 is 2.09 bits per heavy atom. The Morgan fingerprint density at radius 1 is 0.758 bits per heavy atom. The van der Waals surface area contributed by atoms with Gasteiger partial charge in [0, 0.05) is 5.41 Å². The first-order valence-electron chi connectivity index (χ1n) is 12.3. The number of hydrogen-bond donors (Lipinski definition) is 0. The van der Waals surface area contributed by atoms with Gasteiger partial charge in [-0.05, 0) is 90.1 Å². The van der Waals surface area contributed by atoms with Gasteiger partial charge in [-0.25, -0.2) is 0 Å². The van der Waals surface area contributed by atoms with Crippen molar-refractivity contribution in [3.63, 3.8) is 0 Å². The van der Waals surface area contributed by atoms with Gasteiger partial charge in [0.25, 0.3) is 0 Å². The predicted molar refractivity (Wildman–Crippen MR) is 143 cm³/mol. The number of benzene rings is 3. The highest BCUT2D eigenvalue weighted by Crippen LogP contribution is 2.45. The summed E-state index contributed by atoms with van der Waals surface area (Å²) >= 11 is 0. The lowest BCUT2D eigenvalue weighted by Gasteiger charge is -2.36. The maximum absolute atomic E-state index is 2.57. The molecule has 0 spiro atoms. The summed E-state index contributed by atoms with van der Waals surface area (Å²) in [6, 6.07) is 22.9. The molecule has 0 bridgehead atoms. The summed E-state index contributed by atoms with van der Waals surface area (Å²) in [6.45, 7) is 11.2. The molecule has 0 radical (unpaired) electrons. The van der Waals surface area contributed by atoms with E-state index < -0.39 is 0 Å². The molecule has 0 N–H and O–H groups in total. The molecule has 3 aromatic rings. The van der Waals surface area contributed by atoms with Crippen molar-refractivity contribution in [2.75, 3.05) is 0 Å². The number of allylic oxidation sites excluding steroid dienone is 4. The lowest BCUT2D eigenvalue weighted by Crippen LogP contribution is -2.29. The van der Waals surface area contributed by atoms with Crippen LogP contribution in [0.15, 0.2) is 84.0 Å². The maximum Gasteiger partial charge on any atom is 0.0350 e. The Morgan fingerprint density at radius 2 is 1.42 bits per heavy atom. The average Bonchev–Trinajstić information content (AvgIpc) is 3.14. The molecule has 0 saturated carbocycles. The van der Waals surface area contributed by atoms with Crippen molar-refractivity contribution in [1.29, 1.82) is 0 Å². The van der Waals surface area contributed by atoms with Gasteiger partial charge >= 0.3 is 0 Å². The second-order valence-electron chi connectivity index (χ2n) is 10.0. The van der Waals surface area contributed by atoms with Crippen LogP contribution in [-0.2, 0) is 5.41 Å². The van der Waals surface area contributed by atoms with E-state index in [1.807, 2.05) is 0 Å². The van der Waals surface area contributed by atoms with E-state index in [1.54, 1.807) is 0 Å². The summed E-state index contributed by atoms with van der Waals surface area (Å²) in [5, 5.41) is 2.72. The molecule has 2 aliphatic rings. The Bertz CT molecular complexity index is 1390. The van der Waals surface area contributed by atoms with Crippen LogP contribution in [-0.4, -0.2) is 0 Å². The largest absolute Gasteiger partial charge is 0.0654 e. The van der Waals surface area contributed by atoms with Crippen molar-refractivity contribution in [3.05, 3.63) is 117 Å². The minimum atomic E-state index is -0.0179. The molecule has 1 atom stereocenters. The Balaban J connectivity index is 1.68. The smallest absolute Gasteiger partial charge is 0.0350 e. The first kappa shape index (κ1) is 21.7. The highest BCUT2D eigenvalue weighted by atomic mass is 14.4. The zero-order chi connectivity index (χ0) is 23.2. The first-order chi connectivity index (χ1) is 15.9. The third-order valence-electron chi connectivity index (χ3n) is 7.63. The van der Waals surface area contributed by atoms with Crippen LogP contribution in [0.3, 0.4) is 0 Å². The van der Waals surface area contributed by atoms with Gasteiger partial charge in [-0.1, -0.05) is 103 Å². The molecular formula is C33H34. The molecule has 0 heterocycles. The van der Waals surface area contributed by atoms with E-state index in [9.17, 15) is 0 Å². The number of aryl methyl sites for hydroxylation is 3. The highest BCUT2D eigenvalue weighted by molar-refractivity contribution is 5.91. The number of fused-ring (bicyclic) bond motifs is 2. The Labute approximate surface area is 198 Å². The van der Waals surface area contributed by atoms with Crippen LogP contribution < -0.4 is 10.4 Å². The number of unbranched alkanes of at least 4 members (excludes halogenated alkanes) is 1. The molecule has 0 fully saturated rings. The molecule has 166 valence electrons. The van der Waals surface area contributed by atoms with Crippen LogP contribution in [0.25, 0.3) is 22.8 Å². The van der Waals surface area contributed by atoms with Crippen LogP contribution in [0.1, 0.15) is 55.4 Å². The second-order valence-corrected chi connectivity index (χ2v) is 10.0. The van der Waals surface area contributed by atoms with Crippen LogP contribution in [0.5, 0.6) is 0 Å². The molecular weight excluding hydrogens is 396 g/mol. The van der Waals surface area contributed by atoms with E-state index in [-0.39, 0.29) is 5.41 Å². The third kappa shape index (κ3) is 3.72. The molecule has 33 heavy (non-hydrogen) atoms. The standard InChI is InChI=1S/C33H34/c1-6-7-16-33(29-14-10-23(3)11-15-29)21-28-19-27-20-30(26-12-8-22(2)9-13-26)24(4)17-31(27)32(28)18-25(33)5/h8-15,17-21H,6-7,16H2,1-5H3. The van der Waals surface area contributed by atoms with Gasteiger partial charge in [0.1, 0.15) is 0 Å². The molecule has 0 nitrogen and oxygen atoms in total. The van der Waals surface area contributed by atoms with E-state index in [2.05, 4.69) is 114 Å². The van der Waals surface area contributed by atoms with Crippen molar-refractivity contribution < 1.29 is 0 Å². The lowest BCUT2D eigenvalue weighted by atomic mass is 9.67. The molecule has 3 aromatic carbocycles. The highest BCUT2D eigenvalue weighted by Gasteiger charge is 2.35. The van der Waals surface area contributed by atoms with Crippen LogP contribution in [0.2, 0.25) is 0 Å². The molecule has 0 aliphatic heterocycles. The van der Waals surface area contributed by atoms with Gasteiger partial charge in [-0.2, -0.15) is 0 Å². The molecule has 0 heteroatoms. The van der Waals surface area contributed by atoms with E-state index in [4.69, 9.17) is 0 Å². The van der Waals surface area contributed by atoms with Crippen molar-refractivity contribution in [3.8, 4) is 11.1 Å². The number of hydrogen-bond acceptors (Lipinski definition) is 0. The van der Waals surface area contributed by atoms with E-state index in [0.717, 1.165) is 6.42 Å². The van der Waals surface area contributed by atoms with Gasteiger partial charge in [-0.15, -0.1) is 0 Å². The summed E-state index contributed by atoms with van der Waals surface area (Å²) in [6.07, 6.45) is 11.0. The van der Waals surface area contributed by atoms with E-state index >= 15 is 0 Å². The Hall–Kier alpha value is -3.12. The molecule has 0 saturated heterocycles. The van der Waals surface area contributed by atoms with Gasteiger partial charge in [0.05, 0.1) is 0 Å². The van der Waals surface area contributed by atoms with Crippen molar-refractivity contribution in [1.82, 2.24) is 0 Å². The molecule has 0 amide bonds. The second kappa shape index (κ2) is 8.34. The lowest BCUT2D eigenvalue weighted by molar-refractivity contribution is 0.531. The third-order valence-corrected chi connectivity index (χ3v) is 7.63. The minimum Gasteiger partial charge on any atom is -0.0654 e. The first-order valence-corrected chi connectivity index (χ1v) is 12.3. The van der Waals surface area contributed by atoms with Gasteiger partial charge in [0.2, 0.25) is 0 Å². The molecule has 5 rings (SSSR count). The quantitative estimate of drug-likeness (QED) is 0.400. The van der Waals surface area contributed by atoms with Crippen molar-refractivity contribution >= 4 is 11.6 Å². The van der Waals surface area contributed by atoms with E-state index in [0.29, 0.717) is 0 Å². The topological polar surface area (TPSA) is 0 Å². The molecule has 2 aliphatic carbocycles. The van der Waals surface area contributed by atoms with Gasteiger partial charge in [0.15, 0.2) is 0 Å². The normalized spacial score (nSPS) is 18.9. The summed E-state index contributed by atoms with van der Waals surface area (Å²) in [5.41, 5.74) is 12.2. The summed E-state index contributed by atoms with van der Waals surface area (Å²) in [5.74, 6) is 0. The molecule has 0 aromatic heterocycles. The van der Waals surface area contributed by atoms with E-state index in [1.165, 1.54) is 73.4 Å². The fourth-order valence-corrected chi connectivity index (χ4v) is 5.56. The monoisotopic (exact) mass is 430 g/mol. The fourth-order valence-electron chi connectivity index (χ4n) is 5.56. The maximum atomic E-state index is 2.57. The van der Waals surface area contributed by atoms with Crippen LogP contribution in [0, 0.1) is 20.8 Å². The van der Waals surface area contributed by atoms with Crippen LogP contribution >= 0.6 is 0 Å². The zero-order valence-corrected chi connectivity index (χ0v) is 20.6. The summed E-state index contributed by atoms with van der Waals surface area (Å²) in [7, 11) is 0. The zero-order valence-electron chi connectivity index (χ0n) is 20.6. The Kier molecular flexibility index (Phi) is 5.49. The summed E-state index contributed by atoms with van der Waals surface area (Å²) in [4.78, 5) is 0. The van der Waals surface area contributed by atoms with Gasteiger partial charge < -0.3 is 0 Å². The fraction of sp³-hybridized carbons (Fsp3) is 0.273. The summed E-state index contributed by atoms with van der Waals surface area (Å²) < 4.78 is 0. The predicted octanol–water partition coefficient (Wildman–Crippen LogP) is 7.24. The van der Waals surface area contributed by atoms with Crippen molar-refractivity contribution in [2.24, 2.45) is 0 Å². The van der Waals surface area contributed by atoms with Crippen LogP contribution in [0.4, 0.5) is 0 Å². The van der Waals surface area contributed by atoms with Gasteiger partial charge in [-0.3, -0.25) is 0 Å². The SMILES string of the molecule is CCCCC1(c2ccc(C)cc2)C=C2C=c3cc(-c4ccc(C)cc4)c(C)cc3=C2C=C1C. The van der Waals surface area contributed by atoms with Crippen molar-refractivity contribution in [2.45, 2.75) is 59.3 Å². The average molecular weight is 431 g/mol. The number of rotatable bonds is 5. The molecule has 1 unspecified atom stereocenters.